The van der Waals surface area contributed by atoms with E-state index in [9.17, 15) is 4.79 Å². The summed E-state index contributed by atoms with van der Waals surface area (Å²) in [6, 6.07) is 7.99. The molecule has 0 aliphatic carbocycles. The maximum atomic E-state index is 12.2. The van der Waals surface area contributed by atoms with E-state index in [1.165, 1.54) is 5.56 Å². The molecule has 1 aliphatic heterocycles. The molecular formula is C15H21NO3. The lowest BCUT2D eigenvalue weighted by Gasteiger charge is -2.36. The normalized spacial score (nSPS) is 22.8. The fraction of sp³-hybridized carbons (Fsp3) is 0.533. The highest BCUT2D eigenvalue weighted by atomic mass is 16.5. The fourth-order valence-corrected chi connectivity index (χ4v) is 2.29. The molecule has 19 heavy (non-hydrogen) atoms. The number of rotatable bonds is 4. The molecule has 0 aromatic heterocycles. The Morgan fingerprint density at radius 3 is 2.74 bits per heavy atom. The predicted molar refractivity (Wildman–Crippen MR) is 74.2 cm³/mol. The number of hydrogen-bond donors (Lipinski definition) is 1. The van der Waals surface area contributed by atoms with Gasteiger partial charge in [-0.25, -0.2) is 4.79 Å². The summed E-state index contributed by atoms with van der Waals surface area (Å²) in [5.74, 6) is -0.227. The van der Waals surface area contributed by atoms with Crippen LogP contribution in [-0.4, -0.2) is 31.3 Å². The van der Waals surface area contributed by atoms with Crippen LogP contribution in [0, 0.1) is 6.92 Å². The first-order valence-corrected chi connectivity index (χ1v) is 6.76. The van der Waals surface area contributed by atoms with Crippen molar-refractivity contribution in [1.29, 1.82) is 0 Å². The summed E-state index contributed by atoms with van der Waals surface area (Å²) in [7, 11) is 0. The van der Waals surface area contributed by atoms with Crippen LogP contribution in [-0.2, 0) is 14.3 Å². The molecule has 0 radical (unpaired) electrons. The molecule has 1 unspecified atom stereocenters. The SMILES string of the molecule is CCOC(=O)C1(Nc2ccc(C)cc2)CCCOC1. The standard InChI is InChI=1S/C15H21NO3/c1-3-19-14(17)15(9-4-10-18-11-15)16-13-7-5-12(2)6-8-13/h5-8,16H,3-4,9-11H2,1-2H3. The molecule has 1 atom stereocenters. The number of aryl methyl sites for hydroxylation is 1. The van der Waals surface area contributed by atoms with Crippen molar-refractivity contribution >= 4 is 11.7 Å². The highest BCUT2D eigenvalue weighted by Gasteiger charge is 2.42. The third-order valence-electron chi connectivity index (χ3n) is 3.34. The molecule has 1 aromatic rings. The minimum Gasteiger partial charge on any atom is -0.464 e. The number of carbonyl (C=O) groups excluding carboxylic acids is 1. The second-order valence-electron chi connectivity index (χ2n) is 4.95. The number of anilines is 1. The number of hydrogen-bond acceptors (Lipinski definition) is 4. The molecule has 0 amide bonds. The highest BCUT2D eigenvalue weighted by Crippen LogP contribution is 2.26. The summed E-state index contributed by atoms with van der Waals surface area (Å²) in [4.78, 5) is 12.2. The molecule has 4 nitrogen and oxygen atoms in total. The van der Waals surface area contributed by atoms with Gasteiger partial charge in [-0.05, 0) is 38.8 Å². The van der Waals surface area contributed by atoms with Gasteiger partial charge in [0.05, 0.1) is 13.2 Å². The molecule has 0 spiro atoms. The van der Waals surface area contributed by atoms with Crippen molar-refractivity contribution in [2.24, 2.45) is 0 Å². The lowest BCUT2D eigenvalue weighted by molar-refractivity contribution is -0.153. The minimum atomic E-state index is -0.747. The maximum absolute atomic E-state index is 12.2. The van der Waals surface area contributed by atoms with Crippen LogP contribution < -0.4 is 5.32 Å². The summed E-state index contributed by atoms with van der Waals surface area (Å²) in [6.07, 6.45) is 1.59. The quantitative estimate of drug-likeness (QED) is 0.848. The maximum Gasteiger partial charge on any atom is 0.334 e. The van der Waals surface area contributed by atoms with E-state index in [1.807, 2.05) is 38.1 Å². The monoisotopic (exact) mass is 263 g/mol. The molecule has 1 aromatic carbocycles. The van der Waals surface area contributed by atoms with Gasteiger partial charge in [0, 0.05) is 12.3 Å². The van der Waals surface area contributed by atoms with Crippen molar-refractivity contribution in [2.75, 3.05) is 25.1 Å². The Hall–Kier alpha value is -1.55. The zero-order valence-electron chi connectivity index (χ0n) is 11.6. The number of ether oxygens (including phenoxy) is 2. The minimum absolute atomic E-state index is 0.227. The van der Waals surface area contributed by atoms with E-state index in [0.717, 1.165) is 18.5 Å². The molecule has 4 heteroatoms. The summed E-state index contributed by atoms with van der Waals surface area (Å²) in [6.45, 7) is 5.31. The van der Waals surface area contributed by atoms with Crippen molar-refractivity contribution < 1.29 is 14.3 Å². The van der Waals surface area contributed by atoms with Gasteiger partial charge >= 0.3 is 5.97 Å². The molecule has 1 aliphatic rings. The van der Waals surface area contributed by atoms with Gasteiger partial charge in [0.1, 0.15) is 0 Å². The highest BCUT2D eigenvalue weighted by molar-refractivity contribution is 5.85. The van der Waals surface area contributed by atoms with E-state index in [-0.39, 0.29) is 5.97 Å². The van der Waals surface area contributed by atoms with E-state index in [4.69, 9.17) is 9.47 Å². The van der Waals surface area contributed by atoms with E-state index in [1.54, 1.807) is 0 Å². The van der Waals surface area contributed by atoms with Gasteiger partial charge in [0.25, 0.3) is 0 Å². The third kappa shape index (κ3) is 3.26. The Balaban J connectivity index is 2.17. The van der Waals surface area contributed by atoms with Gasteiger partial charge < -0.3 is 14.8 Å². The average molecular weight is 263 g/mol. The van der Waals surface area contributed by atoms with Crippen LogP contribution in [0.25, 0.3) is 0 Å². The molecule has 1 heterocycles. The van der Waals surface area contributed by atoms with Gasteiger partial charge in [-0.3, -0.25) is 0 Å². The van der Waals surface area contributed by atoms with Crippen molar-refractivity contribution in [3.05, 3.63) is 29.8 Å². The summed E-state index contributed by atoms with van der Waals surface area (Å²) >= 11 is 0. The number of esters is 1. The molecule has 0 saturated carbocycles. The van der Waals surface area contributed by atoms with Gasteiger partial charge in [-0.2, -0.15) is 0 Å². The van der Waals surface area contributed by atoms with E-state index >= 15 is 0 Å². The lowest BCUT2D eigenvalue weighted by atomic mass is 9.92. The first-order valence-electron chi connectivity index (χ1n) is 6.76. The van der Waals surface area contributed by atoms with Crippen LogP contribution >= 0.6 is 0 Å². The molecule has 1 saturated heterocycles. The zero-order valence-corrected chi connectivity index (χ0v) is 11.6. The Kier molecular flexibility index (Phi) is 4.43. The van der Waals surface area contributed by atoms with Crippen molar-refractivity contribution in [3.8, 4) is 0 Å². The van der Waals surface area contributed by atoms with Crippen molar-refractivity contribution in [3.63, 3.8) is 0 Å². The van der Waals surface area contributed by atoms with Gasteiger partial charge in [0.2, 0.25) is 0 Å². The Morgan fingerprint density at radius 2 is 2.16 bits per heavy atom. The van der Waals surface area contributed by atoms with E-state index in [2.05, 4.69) is 5.32 Å². The largest absolute Gasteiger partial charge is 0.464 e. The molecule has 2 rings (SSSR count). The number of carbonyl (C=O) groups is 1. The van der Waals surface area contributed by atoms with E-state index in [0.29, 0.717) is 19.8 Å². The van der Waals surface area contributed by atoms with Gasteiger partial charge in [0.15, 0.2) is 5.54 Å². The smallest absolute Gasteiger partial charge is 0.334 e. The van der Waals surface area contributed by atoms with Crippen LogP contribution in [0.15, 0.2) is 24.3 Å². The Morgan fingerprint density at radius 1 is 1.42 bits per heavy atom. The second-order valence-corrected chi connectivity index (χ2v) is 4.95. The van der Waals surface area contributed by atoms with Crippen LogP contribution in [0.4, 0.5) is 5.69 Å². The van der Waals surface area contributed by atoms with Crippen LogP contribution in [0.2, 0.25) is 0 Å². The number of nitrogens with one attached hydrogen (secondary N) is 1. The Labute approximate surface area is 114 Å². The Bertz CT molecular complexity index is 422. The average Bonchev–Trinajstić information content (AvgIpc) is 2.43. The molecule has 0 bridgehead atoms. The topological polar surface area (TPSA) is 47.6 Å². The summed E-state index contributed by atoms with van der Waals surface area (Å²) in [5.41, 5.74) is 1.36. The lowest BCUT2D eigenvalue weighted by Crippen LogP contribution is -2.53. The van der Waals surface area contributed by atoms with Gasteiger partial charge in [-0.1, -0.05) is 17.7 Å². The zero-order chi connectivity index (χ0) is 13.7. The molecule has 1 N–H and O–H groups in total. The fourth-order valence-electron chi connectivity index (χ4n) is 2.29. The van der Waals surface area contributed by atoms with Crippen LogP contribution in [0.5, 0.6) is 0 Å². The first-order chi connectivity index (χ1) is 9.16. The summed E-state index contributed by atoms with van der Waals surface area (Å²) in [5, 5.41) is 3.31. The van der Waals surface area contributed by atoms with Crippen LogP contribution in [0.3, 0.4) is 0 Å². The molecule has 1 fully saturated rings. The summed E-state index contributed by atoms with van der Waals surface area (Å²) < 4.78 is 10.7. The van der Waals surface area contributed by atoms with Gasteiger partial charge in [-0.15, -0.1) is 0 Å². The predicted octanol–water partition coefficient (Wildman–Crippen LogP) is 2.52. The number of benzene rings is 1. The third-order valence-corrected chi connectivity index (χ3v) is 3.34. The van der Waals surface area contributed by atoms with Crippen LogP contribution in [0.1, 0.15) is 25.3 Å². The second kappa shape index (κ2) is 6.06. The van der Waals surface area contributed by atoms with E-state index < -0.39 is 5.54 Å². The van der Waals surface area contributed by atoms with Crippen molar-refractivity contribution in [2.45, 2.75) is 32.2 Å². The molecular weight excluding hydrogens is 242 g/mol. The molecule has 104 valence electrons. The first kappa shape index (κ1) is 13.9. The van der Waals surface area contributed by atoms with Crippen molar-refractivity contribution in [1.82, 2.24) is 0 Å².